The van der Waals surface area contributed by atoms with E-state index < -0.39 is 0 Å². The largest absolute Gasteiger partial charge is 0.316 e. The SMILES string of the molecule is CNC(C)CNCC1(C)CC1. The van der Waals surface area contributed by atoms with Crippen LogP contribution in [-0.4, -0.2) is 26.2 Å². The fourth-order valence-electron chi connectivity index (χ4n) is 1.08. The van der Waals surface area contributed by atoms with Gasteiger partial charge in [-0.1, -0.05) is 6.92 Å². The van der Waals surface area contributed by atoms with Crippen molar-refractivity contribution >= 4 is 0 Å². The van der Waals surface area contributed by atoms with Gasteiger partial charge in [0, 0.05) is 19.1 Å². The van der Waals surface area contributed by atoms with E-state index >= 15 is 0 Å². The second kappa shape index (κ2) is 3.55. The van der Waals surface area contributed by atoms with Gasteiger partial charge in [-0.25, -0.2) is 0 Å². The molecule has 1 fully saturated rings. The summed E-state index contributed by atoms with van der Waals surface area (Å²) < 4.78 is 0. The van der Waals surface area contributed by atoms with E-state index in [4.69, 9.17) is 0 Å². The molecule has 0 spiro atoms. The second-order valence-electron chi connectivity index (χ2n) is 4.13. The molecule has 0 amide bonds. The van der Waals surface area contributed by atoms with Crippen molar-refractivity contribution in [2.45, 2.75) is 32.7 Å². The van der Waals surface area contributed by atoms with Gasteiger partial charge in [0.1, 0.15) is 0 Å². The second-order valence-corrected chi connectivity index (χ2v) is 4.13. The summed E-state index contributed by atoms with van der Waals surface area (Å²) in [5, 5.41) is 6.69. The minimum absolute atomic E-state index is 0.595. The van der Waals surface area contributed by atoms with Gasteiger partial charge in [-0.05, 0) is 32.2 Å². The van der Waals surface area contributed by atoms with E-state index in [2.05, 4.69) is 24.5 Å². The summed E-state index contributed by atoms with van der Waals surface area (Å²) in [5.74, 6) is 0. The smallest absolute Gasteiger partial charge is 0.0161 e. The molecule has 1 aliphatic rings. The van der Waals surface area contributed by atoms with Gasteiger partial charge in [-0.2, -0.15) is 0 Å². The molecule has 0 heterocycles. The highest BCUT2D eigenvalue weighted by atomic mass is 15.0. The van der Waals surface area contributed by atoms with Crippen LogP contribution in [0.5, 0.6) is 0 Å². The number of likely N-dealkylation sites (N-methyl/N-ethyl adjacent to an activating group) is 1. The monoisotopic (exact) mass is 156 g/mol. The summed E-state index contributed by atoms with van der Waals surface area (Å²) in [7, 11) is 2.01. The van der Waals surface area contributed by atoms with Gasteiger partial charge >= 0.3 is 0 Å². The molecule has 2 nitrogen and oxygen atoms in total. The normalized spacial score (nSPS) is 23.2. The molecule has 11 heavy (non-hydrogen) atoms. The van der Waals surface area contributed by atoms with E-state index in [0.29, 0.717) is 11.5 Å². The van der Waals surface area contributed by atoms with Crippen LogP contribution in [0.4, 0.5) is 0 Å². The molecule has 0 aromatic rings. The quantitative estimate of drug-likeness (QED) is 0.620. The first kappa shape index (κ1) is 9.01. The standard InChI is InChI=1S/C9H20N2/c1-8(10-3)6-11-7-9(2)4-5-9/h8,10-11H,4-7H2,1-3H3. The Labute approximate surface area is 69.8 Å². The molecule has 2 N–H and O–H groups in total. The maximum atomic E-state index is 3.48. The molecule has 1 atom stereocenters. The van der Waals surface area contributed by atoms with Crippen molar-refractivity contribution in [3.05, 3.63) is 0 Å². The van der Waals surface area contributed by atoms with E-state index in [1.54, 1.807) is 0 Å². The van der Waals surface area contributed by atoms with E-state index in [0.717, 1.165) is 6.54 Å². The van der Waals surface area contributed by atoms with Gasteiger partial charge in [-0.3, -0.25) is 0 Å². The number of hydrogen-bond donors (Lipinski definition) is 2. The predicted molar refractivity (Wildman–Crippen MR) is 48.7 cm³/mol. The third-order valence-electron chi connectivity index (χ3n) is 2.60. The fraction of sp³-hybridized carbons (Fsp3) is 1.00. The molecule has 1 rings (SSSR count). The summed E-state index contributed by atoms with van der Waals surface area (Å²) in [5.41, 5.74) is 0.646. The van der Waals surface area contributed by atoms with Gasteiger partial charge in [0.05, 0.1) is 0 Å². The first-order chi connectivity index (χ1) is 5.16. The lowest BCUT2D eigenvalue weighted by Gasteiger charge is -2.13. The molecule has 1 unspecified atom stereocenters. The number of rotatable bonds is 5. The first-order valence-corrected chi connectivity index (χ1v) is 4.54. The minimum atomic E-state index is 0.595. The highest BCUT2D eigenvalue weighted by Gasteiger charge is 2.36. The van der Waals surface area contributed by atoms with Crippen LogP contribution in [0.2, 0.25) is 0 Å². The van der Waals surface area contributed by atoms with Crippen LogP contribution >= 0.6 is 0 Å². The third-order valence-corrected chi connectivity index (χ3v) is 2.60. The summed E-state index contributed by atoms with van der Waals surface area (Å²) in [6.07, 6.45) is 2.82. The Morgan fingerprint density at radius 2 is 2.09 bits per heavy atom. The van der Waals surface area contributed by atoms with Gasteiger partial charge in [0.15, 0.2) is 0 Å². The Bertz CT molecular complexity index is 119. The molecule has 1 saturated carbocycles. The van der Waals surface area contributed by atoms with E-state index in [-0.39, 0.29) is 0 Å². The van der Waals surface area contributed by atoms with Crippen LogP contribution in [0.3, 0.4) is 0 Å². The number of nitrogens with one attached hydrogen (secondary N) is 2. The molecule has 0 bridgehead atoms. The van der Waals surface area contributed by atoms with Crippen molar-refractivity contribution in [2.24, 2.45) is 5.41 Å². The van der Waals surface area contributed by atoms with Crippen LogP contribution in [0.1, 0.15) is 26.7 Å². The molecule has 0 aromatic carbocycles. The third kappa shape index (κ3) is 3.21. The van der Waals surface area contributed by atoms with Crippen molar-refractivity contribution in [3.8, 4) is 0 Å². The maximum Gasteiger partial charge on any atom is 0.0161 e. The Balaban J connectivity index is 1.95. The molecule has 0 aromatic heterocycles. The average molecular weight is 156 g/mol. The molecular weight excluding hydrogens is 136 g/mol. The van der Waals surface area contributed by atoms with E-state index in [1.165, 1.54) is 19.4 Å². The van der Waals surface area contributed by atoms with Gasteiger partial charge in [0.2, 0.25) is 0 Å². The molecule has 2 heteroatoms. The Morgan fingerprint density at radius 3 is 2.55 bits per heavy atom. The fourth-order valence-corrected chi connectivity index (χ4v) is 1.08. The minimum Gasteiger partial charge on any atom is -0.316 e. The van der Waals surface area contributed by atoms with Gasteiger partial charge < -0.3 is 10.6 Å². The van der Waals surface area contributed by atoms with Crippen LogP contribution in [0.15, 0.2) is 0 Å². The van der Waals surface area contributed by atoms with Crippen LogP contribution in [0.25, 0.3) is 0 Å². The van der Waals surface area contributed by atoms with E-state index in [9.17, 15) is 0 Å². The zero-order valence-electron chi connectivity index (χ0n) is 7.91. The highest BCUT2D eigenvalue weighted by molar-refractivity contribution is 4.90. The van der Waals surface area contributed by atoms with Gasteiger partial charge in [-0.15, -0.1) is 0 Å². The summed E-state index contributed by atoms with van der Waals surface area (Å²) in [6, 6.07) is 0.595. The zero-order chi connectivity index (χ0) is 8.32. The van der Waals surface area contributed by atoms with Gasteiger partial charge in [0.25, 0.3) is 0 Å². The van der Waals surface area contributed by atoms with Crippen molar-refractivity contribution in [1.29, 1.82) is 0 Å². The van der Waals surface area contributed by atoms with Crippen molar-refractivity contribution < 1.29 is 0 Å². The van der Waals surface area contributed by atoms with Crippen LogP contribution < -0.4 is 10.6 Å². The van der Waals surface area contributed by atoms with Crippen LogP contribution in [0, 0.1) is 5.41 Å². The molecule has 0 saturated heterocycles. The Hall–Kier alpha value is -0.0800. The average Bonchev–Trinajstić information content (AvgIpc) is 2.68. The van der Waals surface area contributed by atoms with Crippen molar-refractivity contribution in [3.63, 3.8) is 0 Å². The maximum absolute atomic E-state index is 3.48. The molecule has 0 radical (unpaired) electrons. The highest BCUT2D eigenvalue weighted by Crippen LogP contribution is 2.43. The molecule has 0 aliphatic heterocycles. The predicted octanol–water partition coefficient (Wildman–Crippen LogP) is 0.984. The van der Waals surface area contributed by atoms with Crippen molar-refractivity contribution in [2.75, 3.05) is 20.1 Å². The van der Waals surface area contributed by atoms with Crippen molar-refractivity contribution in [1.82, 2.24) is 10.6 Å². The summed E-state index contributed by atoms with van der Waals surface area (Å²) >= 11 is 0. The lowest BCUT2D eigenvalue weighted by Crippen LogP contribution is -2.36. The topological polar surface area (TPSA) is 24.1 Å². The summed E-state index contributed by atoms with van der Waals surface area (Å²) in [6.45, 7) is 6.83. The summed E-state index contributed by atoms with van der Waals surface area (Å²) in [4.78, 5) is 0. The zero-order valence-corrected chi connectivity index (χ0v) is 7.91. The first-order valence-electron chi connectivity index (χ1n) is 4.54. The van der Waals surface area contributed by atoms with Crippen LogP contribution in [-0.2, 0) is 0 Å². The molecular formula is C9H20N2. The number of hydrogen-bond acceptors (Lipinski definition) is 2. The molecule has 66 valence electrons. The lowest BCUT2D eigenvalue weighted by atomic mass is 10.1. The Kier molecular flexibility index (Phi) is 2.90. The lowest BCUT2D eigenvalue weighted by molar-refractivity contribution is 0.464. The molecule has 1 aliphatic carbocycles. The Morgan fingerprint density at radius 1 is 1.45 bits per heavy atom. The van der Waals surface area contributed by atoms with E-state index in [1.807, 2.05) is 7.05 Å².